The Bertz CT molecular complexity index is 519. The van der Waals surface area contributed by atoms with Crippen LogP contribution in [-0.4, -0.2) is 9.67 Å². The summed E-state index contributed by atoms with van der Waals surface area (Å²) >= 11 is 0. The Kier molecular flexibility index (Phi) is 3.73. The molecule has 0 bridgehead atoms. The van der Waals surface area contributed by atoms with Crippen molar-refractivity contribution in [2.24, 2.45) is 0 Å². The van der Waals surface area contributed by atoms with Crippen molar-refractivity contribution >= 4 is 0 Å². The minimum Gasteiger partial charge on any atom is -0.388 e. The molecule has 88 valence electrons. The summed E-state index contributed by atoms with van der Waals surface area (Å²) in [5, 5.41) is 9.96. The monoisotopic (exact) mass is 229 g/mol. The third-order valence-corrected chi connectivity index (χ3v) is 2.73. The summed E-state index contributed by atoms with van der Waals surface area (Å²) in [5.41, 5.74) is 0.851. The second-order valence-electron chi connectivity index (χ2n) is 3.95. The first-order valence-electron chi connectivity index (χ1n) is 5.66. The topological polar surface area (TPSA) is 42.2 Å². The lowest BCUT2D eigenvalue weighted by atomic mass is 10.1. The molecule has 1 aromatic heterocycles. The summed E-state index contributed by atoms with van der Waals surface area (Å²) in [7, 11) is 0. The molecule has 2 rings (SSSR count). The highest BCUT2D eigenvalue weighted by Crippen LogP contribution is 2.16. The number of rotatable bonds is 4. The molecule has 1 aromatic carbocycles. The Balaban J connectivity index is 2.00. The van der Waals surface area contributed by atoms with E-state index in [9.17, 15) is 9.90 Å². The molecule has 2 aromatic rings. The third kappa shape index (κ3) is 3.04. The van der Waals surface area contributed by atoms with Crippen LogP contribution in [0.15, 0.2) is 59.5 Å². The molecule has 3 nitrogen and oxygen atoms in total. The predicted octanol–water partition coefficient (Wildman–Crippen LogP) is 1.97. The average Bonchev–Trinajstić information content (AvgIpc) is 2.38. The van der Waals surface area contributed by atoms with Crippen LogP contribution in [-0.2, 0) is 6.54 Å². The Morgan fingerprint density at radius 2 is 1.76 bits per heavy atom. The van der Waals surface area contributed by atoms with Crippen LogP contribution in [0.2, 0.25) is 0 Å². The van der Waals surface area contributed by atoms with Gasteiger partial charge in [0.25, 0.3) is 0 Å². The fourth-order valence-corrected chi connectivity index (χ4v) is 1.75. The van der Waals surface area contributed by atoms with Crippen LogP contribution in [0.5, 0.6) is 0 Å². The lowest BCUT2D eigenvalue weighted by molar-refractivity contribution is 0.160. The molecule has 0 saturated heterocycles. The number of nitrogens with zero attached hydrogens (tertiary/aromatic N) is 1. The van der Waals surface area contributed by atoms with Crippen molar-refractivity contribution in [3.05, 3.63) is 70.6 Å². The summed E-state index contributed by atoms with van der Waals surface area (Å²) in [6.45, 7) is 0.524. The van der Waals surface area contributed by atoms with E-state index in [1.165, 1.54) is 6.07 Å². The molecular formula is C14H15NO2. The molecule has 0 amide bonds. The fourth-order valence-electron chi connectivity index (χ4n) is 1.75. The zero-order valence-electron chi connectivity index (χ0n) is 9.49. The first kappa shape index (κ1) is 11.6. The van der Waals surface area contributed by atoms with Gasteiger partial charge in [-0.3, -0.25) is 4.79 Å². The number of hydrogen-bond acceptors (Lipinski definition) is 2. The van der Waals surface area contributed by atoms with Gasteiger partial charge in [0.2, 0.25) is 5.56 Å². The van der Waals surface area contributed by atoms with Crippen LogP contribution in [0.25, 0.3) is 0 Å². The van der Waals surface area contributed by atoms with Crippen LogP contribution in [0.3, 0.4) is 0 Å². The molecule has 0 aliphatic heterocycles. The Hall–Kier alpha value is -1.87. The average molecular weight is 229 g/mol. The van der Waals surface area contributed by atoms with Crippen LogP contribution in [0, 0.1) is 0 Å². The van der Waals surface area contributed by atoms with Gasteiger partial charge in [-0.1, -0.05) is 36.4 Å². The largest absolute Gasteiger partial charge is 0.388 e. The lowest BCUT2D eigenvalue weighted by Crippen LogP contribution is -2.18. The summed E-state index contributed by atoms with van der Waals surface area (Å²) in [4.78, 5) is 11.4. The Morgan fingerprint density at radius 3 is 2.47 bits per heavy atom. The van der Waals surface area contributed by atoms with Crippen molar-refractivity contribution in [3.63, 3.8) is 0 Å². The first-order chi connectivity index (χ1) is 8.27. The third-order valence-electron chi connectivity index (χ3n) is 2.73. The summed E-state index contributed by atoms with van der Waals surface area (Å²) < 4.78 is 1.60. The second kappa shape index (κ2) is 5.46. The predicted molar refractivity (Wildman–Crippen MR) is 66.7 cm³/mol. The summed E-state index contributed by atoms with van der Waals surface area (Å²) in [6, 6.07) is 14.5. The van der Waals surface area contributed by atoms with Gasteiger partial charge in [0.15, 0.2) is 0 Å². The zero-order chi connectivity index (χ0) is 12.1. The maximum atomic E-state index is 11.4. The molecule has 0 spiro atoms. The van der Waals surface area contributed by atoms with Crippen molar-refractivity contribution < 1.29 is 5.11 Å². The molecule has 3 heteroatoms. The normalized spacial score (nSPS) is 12.3. The van der Waals surface area contributed by atoms with Gasteiger partial charge in [0, 0.05) is 18.8 Å². The van der Waals surface area contributed by atoms with E-state index in [4.69, 9.17) is 0 Å². The molecule has 1 unspecified atom stereocenters. The maximum Gasteiger partial charge on any atom is 0.250 e. The summed E-state index contributed by atoms with van der Waals surface area (Å²) in [6.07, 6.45) is 1.75. The molecular weight excluding hydrogens is 214 g/mol. The van der Waals surface area contributed by atoms with E-state index in [0.29, 0.717) is 13.0 Å². The highest BCUT2D eigenvalue weighted by molar-refractivity contribution is 5.17. The van der Waals surface area contributed by atoms with Gasteiger partial charge in [0.05, 0.1) is 6.10 Å². The van der Waals surface area contributed by atoms with E-state index in [2.05, 4.69) is 0 Å². The lowest BCUT2D eigenvalue weighted by Gasteiger charge is -2.11. The smallest absolute Gasteiger partial charge is 0.250 e. The Morgan fingerprint density at radius 1 is 1.06 bits per heavy atom. The molecule has 1 atom stereocenters. The van der Waals surface area contributed by atoms with Gasteiger partial charge in [-0.25, -0.2) is 0 Å². The highest BCUT2D eigenvalue weighted by atomic mass is 16.3. The summed E-state index contributed by atoms with van der Waals surface area (Å²) in [5.74, 6) is 0. The van der Waals surface area contributed by atoms with Gasteiger partial charge >= 0.3 is 0 Å². The number of hydrogen-bond donors (Lipinski definition) is 1. The minimum atomic E-state index is -0.525. The number of pyridine rings is 1. The molecule has 0 aliphatic carbocycles. The van der Waals surface area contributed by atoms with Crippen LogP contribution in [0.4, 0.5) is 0 Å². The van der Waals surface area contributed by atoms with Crippen molar-refractivity contribution in [2.75, 3.05) is 0 Å². The standard InChI is InChI=1S/C14H15NO2/c16-13(12-6-2-1-3-7-12)9-11-15-10-5-4-8-14(15)17/h1-8,10,13,16H,9,11H2. The second-order valence-corrected chi connectivity index (χ2v) is 3.95. The van der Waals surface area contributed by atoms with E-state index in [1.54, 1.807) is 16.8 Å². The van der Waals surface area contributed by atoms with Gasteiger partial charge in [-0.15, -0.1) is 0 Å². The molecule has 1 heterocycles. The van der Waals surface area contributed by atoms with Crippen LogP contribution < -0.4 is 5.56 Å². The van der Waals surface area contributed by atoms with E-state index in [0.717, 1.165) is 5.56 Å². The molecule has 1 N–H and O–H groups in total. The van der Waals surface area contributed by atoms with Crippen molar-refractivity contribution in [3.8, 4) is 0 Å². The number of aliphatic hydroxyl groups excluding tert-OH is 1. The Labute approximate surface area is 100.0 Å². The number of benzene rings is 1. The molecule has 0 radical (unpaired) electrons. The number of aliphatic hydroxyl groups is 1. The van der Waals surface area contributed by atoms with Crippen molar-refractivity contribution in [2.45, 2.75) is 19.1 Å². The van der Waals surface area contributed by atoms with Gasteiger partial charge < -0.3 is 9.67 Å². The minimum absolute atomic E-state index is 0.0345. The molecule has 17 heavy (non-hydrogen) atoms. The molecule has 0 aliphatic rings. The quantitative estimate of drug-likeness (QED) is 0.871. The van der Waals surface area contributed by atoms with E-state index < -0.39 is 6.10 Å². The molecule has 0 fully saturated rings. The van der Waals surface area contributed by atoms with Gasteiger partial charge in [-0.2, -0.15) is 0 Å². The first-order valence-corrected chi connectivity index (χ1v) is 5.66. The van der Waals surface area contributed by atoms with E-state index in [1.807, 2.05) is 36.4 Å². The SMILES string of the molecule is O=c1ccccn1CCC(O)c1ccccc1. The fraction of sp³-hybridized carbons (Fsp3) is 0.214. The highest BCUT2D eigenvalue weighted by Gasteiger charge is 2.06. The number of aryl methyl sites for hydroxylation is 1. The van der Waals surface area contributed by atoms with Crippen molar-refractivity contribution in [1.29, 1.82) is 0 Å². The van der Waals surface area contributed by atoms with E-state index in [-0.39, 0.29) is 5.56 Å². The number of aromatic nitrogens is 1. The van der Waals surface area contributed by atoms with Crippen molar-refractivity contribution in [1.82, 2.24) is 4.57 Å². The van der Waals surface area contributed by atoms with E-state index >= 15 is 0 Å². The van der Waals surface area contributed by atoms with Gasteiger partial charge in [-0.05, 0) is 18.1 Å². The zero-order valence-corrected chi connectivity index (χ0v) is 9.49. The molecule has 0 saturated carbocycles. The van der Waals surface area contributed by atoms with Crippen LogP contribution >= 0.6 is 0 Å². The van der Waals surface area contributed by atoms with Crippen LogP contribution in [0.1, 0.15) is 18.1 Å². The maximum absolute atomic E-state index is 11.4. The van der Waals surface area contributed by atoms with Gasteiger partial charge in [0.1, 0.15) is 0 Å².